The summed E-state index contributed by atoms with van der Waals surface area (Å²) in [6.45, 7) is 1.28. The SMILES string of the molecule is COc1cc(Nc2cc(NC(C)=O)ncc2-c2ccc(C(F)(F)F)cn2)nc(S(C)(=O)=O)c1. The number of alkyl halides is 3. The van der Waals surface area contributed by atoms with Crippen LogP contribution in [0.15, 0.2) is 47.8 Å². The minimum atomic E-state index is -4.55. The third-order valence-corrected chi connectivity index (χ3v) is 5.20. The van der Waals surface area contributed by atoms with Crippen molar-refractivity contribution < 1.29 is 31.1 Å². The standard InChI is InChI=1S/C20H18F3N5O4S/c1-11(29)26-17-8-16(27-18-6-13(32-2)7-19(28-18)33(3,30)31)14(10-25-17)15-5-4-12(9-24-15)20(21,22)23/h4-10H,1-3H3,(H2,25,26,27,28,29). The first-order valence-electron chi connectivity index (χ1n) is 9.21. The maximum Gasteiger partial charge on any atom is 0.417 e. The summed E-state index contributed by atoms with van der Waals surface area (Å²) in [7, 11) is -2.32. The Morgan fingerprint density at radius 1 is 1.06 bits per heavy atom. The molecule has 174 valence electrons. The third-order valence-electron chi connectivity index (χ3n) is 4.23. The largest absolute Gasteiger partial charge is 0.497 e. The number of anilines is 3. The van der Waals surface area contributed by atoms with Gasteiger partial charge in [0.2, 0.25) is 5.91 Å². The molecule has 0 aliphatic heterocycles. The van der Waals surface area contributed by atoms with Crippen molar-refractivity contribution >= 4 is 33.1 Å². The molecule has 3 aromatic rings. The summed E-state index contributed by atoms with van der Waals surface area (Å²) in [5, 5.41) is 5.15. The molecule has 0 bridgehead atoms. The van der Waals surface area contributed by atoms with Crippen LogP contribution in [0, 0.1) is 0 Å². The predicted molar refractivity (Wildman–Crippen MR) is 114 cm³/mol. The molecule has 0 saturated heterocycles. The van der Waals surface area contributed by atoms with Crippen LogP contribution in [0.4, 0.5) is 30.5 Å². The van der Waals surface area contributed by atoms with Crippen LogP contribution in [0.25, 0.3) is 11.3 Å². The van der Waals surface area contributed by atoms with Gasteiger partial charge in [0.05, 0.1) is 24.1 Å². The summed E-state index contributed by atoms with van der Waals surface area (Å²) in [6.07, 6.45) is -1.57. The number of pyridine rings is 3. The maximum atomic E-state index is 12.9. The molecular formula is C20H18F3N5O4S. The van der Waals surface area contributed by atoms with Crippen LogP contribution >= 0.6 is 0 Å². The first kappa shape index (κ1) is 23.9. The number of hydrogen-bond donors (Lipinski definition) is 2. The Kier molecular flexibility index (Phi) is 6.53. The number of aromatic nitrogens is 3. The average Bonchev–Trinajstić information content (AvgIpc) is 2.72. The predicted octanol–water partition coefficient (Wildman–Crippen LogP) is 3.67. The Hall–Kier alpha value is -3.74. The molecule has 0 atom stereocenters. The molecule has 3 rings (SSSR count). The molecule has 0 saturated carbocycles. The summed E-state index contributed by atoms with van der Waals surface area (Å²) in [5.41, 5.74) is -0.237. The molecule has 1 amide bonds. The maximum absolute atomic E-state index is 12.9. The lowest BCUT2D eigenvalue weighted by atomic mass is 10.1. The van der Waals surface area contributed by atoms with E-state index < -0.39 is 27.5 Å². The van der Waals surface area contributed by atoms with Crippen molar-refractivity contribution in [2.24, 2.45) is 0 Å². The number of halogens is 3. The summed E-state index contributed by atoms with van der Waals surface area (Å²) in [4.78, 5) is 23.4. The van der Waals surface area contributed by atoms with Crippen molar-refractivity contribution in [3.05, 3.63) is 48.3 Å². The van der Waals surface area contributed by atoms with Gasteiger partial charge in [-0.1, -0.05) is 0 Å². The Bertz CT molecular complexity index is 1300. The van der Waals surface area contributed by atoms with E-state index in [9.17, 15) is 26.4 Å². The molecule has 33 heavy (non-hydrogen) atoms. The Morgan fingerprint density at radius 2 is 1.79 bits per heavy atom. The number of methoxy groups -OCH3 is 1. The van der Waals surface area contributed by atoms with E-state index in [2.05, 4.69) is 25.6 Å². The number of carbonyl (C=O) groups excluding carboxylic acids is 1. The smallest absolute Gasteiger partial charge is 0.417 e. The molecule has 2 N–H and O–H groups in total. The number of ether oxygens (including phenoxy) is 1. The first-order valence-corrected chi connectivity index (χ1v) is 11.1. The first-order chi connectivity index (χ1) is 15.4. The Balaban J connectivity index is 2.10. The fourth-order valence-corrected chi connectivity index (χ4v) is 3.32. The third kappa shape index (κ3) is 5.94. The molecule has 0 fully saturated rings. The molecule has 0 aromatic carbocycles. The Labute approximate surface area is 187 Å². The molecule has 0 unspecified atom stereocenters. The second-order valence-corrected chi connectivity index (χ2v) is 8.82. The van der Waals surface area contributed by atoms with Gasteiger partial charge in [-0.05, 0) is 12.1 Å². The zero-order chi connectivity index (χ0) is 24.4. The fraction of sp³-hybridized carbons (Fsp3) is 0.200. The van der Waals surface area contributed by atoms with Gasteiger partial charge >= 0.3 is 6.18 Å². The fourth-order valence-electron chi connectivity index (χ4n) is 2.72. The number of nitrogens with zero attached hydrogens (tertiary/aromatic N) is 3. The van der Waals surface area contributed by atoms with Crippen LogP contribution in [0.5, 0.6) is 5.75 Å². The minimum Gasteiger partial charge on any atom is -0.497 e. The Morgan fingerprint density at radius 3 is 2.33 bits per heavy atom. The van der Waals surface area contributed by atoms with E-state index in [1.165, 1.54) is 44.5 Å². The zero-order valence-corrected chi connectivity index (χ0v) is 18.4. The van der Waals surface area contributed by atoms with Crippen molar-refractivity contribution in [1.82, 2.24) is 15.0 Å². The van der Waals surface area contributed by atoms with Crippen LogP contribution < -0.4 is 15.4 Å². The molecule has 0 radical (unpaired) electrons. The monoisotopic (exact) mass is 481 g/mol. The normalized spacial score (nSPS) is 11.7. The van der Waals surface area contributed by atoms with Gasteiger partial charge in [0.15, 0.2) is 14.9 Å². The highest BCUT2D eigenvalue weighted by molar-refractivity contribution is 7.90. The van der Waals surface area contributed by atoms with Gasteiger partial charge in [0, 0.05) is 49.3 Å². The summed E-state index contributed by atoms with van der Waals surface area (Å²) in [6, 6.07) is 6.13. The average molecular weight is 481 g/mol. The summed E-state index contributed by atoms with van der Waals surface area (Å²) < 4.78 is 67.8. The van der Waals surface area contributed by atoms with Crippen molar-refractivity contribution in [3.63, 3.8) is 0 Å². The quantitative estimate of drug-likeness (QED) is 0.547. The van der Waals surface area contributed by atoms with Crippen LogP contribution in [0.3, 0.4) is 0 Å². The van der Waals surface area contributed by atoms with Crippen molar-refractivity contribution in [3.8, 4) is 17.0 Å². The van der Waals surface area contributed by atoms with E-state index in [1.807, 2.05) is 0 Å². The molecule has 3 aromatic heterocycles. The van der Waals surface area contributed by atoms with Crippen LogP contribution in [-0.2, 0) is 20.8 Å². The molecule has 13 heteroatoms. The summed E-state index contributed by atoms with van der Waals surface area (Å²) in [5.74, 6) is 0.0285. The lowest BCUT2D eigenvalue weighted by Crippen LogP contribution is -2.09. The number of carbonyl (C=O) groups is 1. The number of hydrogen-bond acceptors (Lipinski definition) is 8. The van der Waals surface area contributed by atoms with E-state index in [1.54, 1.807) is 0 Å². The van der Waals surface area contributed by atoms with Crippen molar-refractivity contribution in [1.29, 1.82) is 0 Å². The summed E-state index contributed by atoms with van der Waals surface area (Å²) >= 11 is 0. The van der Waals surface area contributed by atoms with E-state index in [0.29, 0.717) is 6.20 Å². The molecule has 0 aliphatic carbocycles. The van der Waals surface area contributed by atoms with Gasteiger partial charge in [-0.2, -0.15) is 13.2 Å². The highest BCUT2D eigenvalue weighted by Crippen LogP contribution is 2.34. The van der Waals surface area contributed by atoms with Gasteiger partial charge in [-0.25, -0.2) is 18.4 Å². The highest BCUT2D eigenvalue weighted by Gasteiger charge is 2.30. The molecule has 0 spiro atoms. The lowest BCUT2D eigenvalue weighted by molar-refractivity contribution is -0.137. The van der Waals surface area contributed by atoms with Crippen LogP contribution in [-0.4, -0.2) is 42.6 Å². The lowest BCUT2D eigenvalue weighted by Gasteiger charge is -2.15. The van der Waals surface area contributed by atoms with Gasteiger partial charge in [0.25, 0.3) is 0 Å². The number of rotatable bonds is 6. The van der Waals surface area contributed by atoms with E-state index >= 15 is 0 Å². The van der Waals surface area contributed by atoms with Crippen molar-refractivity contribution in [2.75, 3.05) is 24.0 Å². The van der Waals surface area contributed by atoms with Gasteiger partial charge < -0.3 is 15.4 Å². The van der Waals surface area contributed by atoms with Gasteiger partial charge in [-0.15, -0.1) is 0 Å². The van der Waals surface area contributed by atoms with E-state index in [-0.39, 0.29) is 39.4 Å². The topological polar surface area (TPSA) is 123 Å². The number of nitrogens with one attached hydrogen (secondary N) is 2. The van der Waals surface area contributed by atoms with Crippen LogP contribution in [0.2, 0.25) is 0 Å². The minimum absolute atomic E-state index is 0.0721. The van der Waals surface area contributed by atoms with Gasteiger partial charge in [0.1, 0.15) is 17.4 Å². The second-order valence-electron chi connectivity index (χ2n) is 6.85. The molecular weight excluding hydrogens is 463 g/mol. The van der Waals surface area contributed by atoms with E-state index in [4.69, 9.17) is 4.74 Å². The number of sulfone groups is 1. The second kappa shape index (κ2) is 9.02. The van der Waals surface area contributed by atoms with Crippen molar-refractivity contribution in [2.45, 2.75) is 18.1 Å². The van der Waals surface area contributed by atoms with E-state index in [0.717, 1.165) is 12.3 Å². The van der Waals surface area contributed by atoms with Gasteiger partial charge in [-0.3, -0.25) is 9.78 Å². The van der Waals surface area contributed by atoms with Crippen LogP contribution in [0.1, 0.15) is 12.5 Å². The molecule has 9 nitrogen and oxygen atoms in total. The zero-order valence-electron chi connectivity index (χ0n) is 17.6. The number of amides is 1. The highest BCUT2D eigenvalue weighted by atomic mass is 32.2. The molecule has 3 heterocycles. The molecule has 0 aliphatic rings.